The molecule has 1 N–H and O–H groups in total. The Balaban J connectivity index is 1.37. The van der Waals surface area contributed by atoms with Crippen molar-refractivity contribution in [2.24, 2.45) is 0 Å². The van der Waals surface area contributed by atoms with Gasteiger partial charge in [0.05, 0.1) is 21.9 Å². The van der Waals surface area contributed by atoms with Crippen molar-refractivity contribution in [2.45, 2.75) is 43.3 Å². The van der Waals surface area contributed by atoms with E-state index in [2.05, 4.69) is 20.2 Å². The quantitative estimate of drug-likeness (QED) is 0.677. The summed E-state index contributed by atoms with van der Waals surface area (Å²) in [5.41, 5.74) is 1.42. The van der Waals surface area contributed by atoms with Crippen LogP contribution in [0.2, 0.25) is 10.0 Å². The molecule has 8 nitrogen and oxygen atoms in total. The van der Waals surface area contributed by atoms with Gasteiger partial charge >= 0.3 is 0 Å². The zero-order valence-electron chi connectivity index (χ0n) is 17.9. The first-order chi connectivity index (χ1) is 15.1. The molecule has 2 fully saturated rings. The van der Waals surface area contributed by atoms with E-state index in [0.717, 1.165) is 43.6 Å². The number of hydrogen-bond donors (Lipinski definition) is 1. The first kappa shape index (κ1) is 23.1. The second-order valence-corrected chi connectivity index (χ2v) is 11.1. The highest BCUT2D eigenvalue weighted by atomic mass is 35.5. The fourth-order valence-electron chi connectivity index (χ4n) is 4.30. The Hall–Kier alpha value is -2.10. The van der Waals surface area contributed by atoms with Crippen LogP contribution in [0.5, 0.6) is 0 Å². The Morgan fingerprint density at radius 2 is 1.78 bits per heavy atom. The SMILES string of the molecule is Cc1cc(S(C)(=O)=O)ncc1N[C@H]1CCN(C2CCN(c3ncc(Cl)cc3Cl)CC2)C1=O. The standard InChI is InChI=1S/C21H25Cl2N5O3S/c1-13-9-19(32(2,30)31)24-12-18(13)26-17-5-8-28(21(17)29)15-3-6-27(7-4-15)20-16(23)10-14(22)11-25-20/h9-12,15,17,26H,3-8H2,1-2H3/t17-/m0/s1. The molecule has 4 rings (SSSR count). The van der Waals surface area contributed by atoms with Crippen LogP contribution in [0.3, 0.4) is 0 Å². The van der Waals surface area contributed by atoms with Crippen LogP contribution < -0.4 is 10.2 Å². The van der Waals surface area contributed by atoms with E-state index in [-0.39, 0.29) is 23.0 Å². The number of carbonyl (C=O) groups excluding carboxylic acids is 1. The maximum Gasteiger partial charge on any atom is 0.245 e. The zero-order chi connectivity index (χ0) is 23.0. The molecule has 2 aromatic heterocycles. The van der Waals surface area contributed by atoms with Gasteiger partial charge in [0, 0.05) is 38.1 Å². The molecule has 0 aliphatic carbocycles. The van der Waals surface area contributed by atoms with Crippen molar-refractivity contribution in [3.05, 3.63) is 40.1 Å². The number of aromatic nitrogens is 2. The van der Waals surface area contributed by atoms with Crippen LogP contribution in [0.15, 0.2) is 29.6 Å². The molecule has 0 radical (unpaired) electrons. The topological polar surface area (TPSA) is 95.5 Å². The van der Waals surface area contributed by atoms with Crippen molar-refractivity contribution in [1.82, 2.24) is 14.9 Å². The lowest BCUT2D eigenvalue weighted by molar-refractivity contribution is -0.130. The molecule has 1 amide bonds. The number of aryl methyl sites for hydroxylation is 1. The molecule has 0 spiro atoms. The number of likely N-dealkylation sites (tertiary alicyclic amines) is 1. The Morgan fingerprint density at radius 1 is 1.06 bits per heavy atom. The minimum Gasteiger partial charge on any atom is -0.372 e. The third kappa shape index (κ3) is 4.79. The maximum atomic E-state index is 13.1. The number of rotatable bonds is 5. The van der Waals surface area contributed by atoms with E-state index in [1.165, 1.54) is 12.3 Å². The van der Waals surface area contributed by atoms with Crippen LogP contribution in [-0.2, 0) is 14.6 Å². The van der Waals surface area contributed by atoms with Crippen molar-refractivity contribution in [1.29, 1.82) is 0 Å². The van der Waals surface area contributed by atoms with Crippen LogP contribution in [0.4, 0.5) is 11.5 Å². The molecule has 0 aromatic carbocycles. The van der Waals surface area contributed by atoms with E-state index in [9.17, 15) is 13.2 Å². The third-order valence-corrected chi connectivity index (χ3v) is 7.50. The molecule has 32 heavy (non-hydrogen) atoms. The van der Waals surface area contributed by atoms with Gasteiger partial charge in [-0.15, -0.1) is 0 Å². The summed E-state index contributed by atoms with van der Waals surface area (Å²) in [7, 11) is -3.37. The number of piperidine rings is 1. The van der Waals surface area contributed by atoms with Crippen LogP contribution in [0.25, 0.3) is 0 Å². The number of nitrogens with one attached hydrogen (secondary N) is 1. The van der Waals surface area contributed by atoms with Gasteiger partial charge in [0.25, 0.3) is 0 Å². The molecule has 2 aliphatic heterocycles. The average Bonchev–Trinajstić information content (AvgIpc) is 3.09. The van der Waals surface area contributed by atoms with E-state index < -0.39 is 9.84 Å². The lowest BCUT2D eigenvalue weighted by Crippen LogP contribution is -2.47. The van der Waals surface area contributed by atoms with Gasteiger partial charge in [0.2, 0.25) is 5.91 Å². The Kier molecular flexibility index (Phi) is 6.51. The normalized spacial score (nSPS) is 20.1. The number of sulfone groups is 1. The van der Waals surface area contributed by atoms with Crippen molar-refractivity contribution < 1.29 is 13.2 Å². The molecule has 4 heterocycles. The highest BCUT2D eigenvalue weighted by Gasteiger charge is 2.37. The van der Waals surface area contributed by atoms with E-state index in [4.69, 9.17) is 23.2 Å². The summed E-state index contributed by atoms with van der Waals surface area (Å²) in [5, 5.41) is 4.32. The van der Waals surface area contributed by atoms with Gasteiger partial charge in [-0.25, -0.2) is 18.4 Å². The highest BCUT2D eigenvalue weighted by Crippen LogP contribution is 2.31. The smallest absolute Gasteiger partial charge is 0.245 e. The molecule has 0 bridgehead atoms. The fourth-order valence-corrected chi connectivity index (χ4v) is 5.43. The summed E-state index contributed by atoms with van der Waals surface area (Å²) in [5.74, 6) is 0.792. The maximum absolute atomic E-state index is 13.1. The molecule has 1 atom stereocenters. The number of amides is 1. The van der Waals surface area contributed by atoms with E-state index in [0.29, 0.717) is 28.7 Å². The van der Waals surface area contributed by atoms with Gasteiger partial charge in [0.1, 0.15) is 11.9 Å². The average molecular weight is 498 g/mol. The minimum atomic E-state index is -3.37. The van der Waals surface area contributed by atoms with E-state index in [1.807, 2.05) is 11.8 Å². The second-order valence-electron chi connectivity index (χ2n) is 8.30. The van der Waals surface area contributed by atoms with Gasteiger partial charge in [0.15, 0.2) is 14.9 Å². The van der Waals surface area contributed by atoms with Gasteiger partial charge in [-0.3, -0.25) is 4.79 Å². The van der Waals surface area contributed by atoms with Crippen LogP contribution in [0.1, 0.15) is 24.8 Å². The molecule has 2 aromatic rings. The number of hydrogen-bond acceptors (Lipinski definition) is 7. The lowest BCUT2D eigenvalue weighted by atomic mass is 10.0. The first-order valence-electron chi connectivity index (χ1n) is 10.4. The summed E-state index contributed by atoms with van der Waals surface area (Å²) in [6, 6.07) is 3.05. The van der Waals surface area contributed by atoms with Crippen molar-refractivity contribution in [2.75, 3.05) is 36.1 Å². The largest absolute Gasteiger partial charge is 0.372 e. The monoisotopic (exact) mass is 497 g/mol. The van der Waals surface area contributed by atoms with Crippen molar-refractivity contribution >= 4 is 50.5 Å². The highest BCUT2D eigenvalue weighted by molar-refractivity contribution is 7.90. The van der Waals surface area contributed by atoms with Gasteiger partial charge in [-0.2, -0.15) is 0 Å². The number of pyridine rings is 2. The zero-order valence-corrected chi connectivity index (χ0v) is 20.2. The summed E-state index contributed by atoms with van der Waals surface area (Å²) < 4.78 is 23.4. The van der Waals surface area contributed by atoms with E-state index >= 15 is 0 Å². The molecular weight excluding hydrogens is 473 g/mol. The molecule has 2 saturated heterocycles. The summed E-state index contributed by atoms with van der Waals surface area (Å²) >= 11 is 12.2. The van der Waals surface area contributed by atoms with Crippen molar-refractivity contribution in [3.8, 4) is 0 Å². The number of carbonyl (C=O) groups is 1. The lowest BCUT2D eigenvalue weighted by Gasteiger charge is -2.37. The van der Waals surface area contributed by atoms with Crippen LogP contribution >= 0.6 is 23.2 Å². The predicted octanol–water partition coefficient (Wildman–Crippen LogP) is 3.18. The Morgan fingerprint density at radius 3 is 2.41 bits per heavy atom. The number of halogens is 2. The van der Waals surface area contributed by atoms with Gasteiger partial charge in [-0.1, -0.05) is 23.2 Å². The van der Waals surface area contributed by atoms with Crippen LogP contribution in [0, 0.1) is 6.92 Å². The fraction of sp³-hybridized carbons (Fsp3) is 0.476. The minimum absolute atomic E-state index is 0.0296. The number of anilines is 2. The molecule has 0 saturated carbocycles. The van der Waals surface area contributed by atoms with Gasteiger partial charge in [-0.05, 0) is 43.9 Å². The van der Waals surface area contributed by atoms with E-state index in [1.54, 1.807) is 12.3 Å². The molecular formula is C21H25Cl2N5O3S. The Bertz CT molecular complexity index is 1140. The molecule has 172 valence electrons. The Labute approximate surface area is 197 Å². The summed E-state index contributed by atoms with van der Waals surface area (Å²) in [6.07, 6.45) is 6.57. The third-order valence-electron chi connectivity index (χ3n) is 6.03. The predicted molar refractivity (Wildman–Crippen MR) is 125 cm³/mol. The second kappa shape index (κ2) is 9.03. The first-order valence-corrected chi connectivity index (χ1v) is 13.1. The molecule has 0 unspecified atom stereocenters. The summed E-state index contributed by atoms with van der Waals surface area (Å²) in [6.45, 7) is 4.02. The number of nitrogens with zero attached hydrogens (tertiary/aromatic N) is 4. The molecule has 2 aliphatic rings. The molecule has 11 heteroatoms. The van der Waals surface area contributed by atoms with Crippen LogP contribution in [-0.4, -0.2) is 67.2 Å². The van der Waals surface area contributed by atoms with Crippen molar-refractivity contribution in [3.63, 3.8) is 0 Å². The van der Waals surface area contributed by atoms with Gasteiger partial charge < -0.3 is 15.1 Å². The summed E-state index contributed by atoms with van der Waals surface area (Å²) in [4.78, 5) is 25.5.